The Morgan fingerprint density at radius 3 is 1.84 bits per heavy atom. The first-order chi connectivity index (χ1) is 27.2. The van der Waals surface area contributed by atoms with Gasteiger partial charge in [0.25, 0.3) is 0 Å². The number of ether oxygens (including phenoxy) is 2. The summed E-state index contributed by atoms with van der Waals surface area (Å²) in [4.78, 5) is 40.9. The molecule has 8 aromatic rings. The number of fused-ring (bicyclic) bond motifs is 3. The summed E-state index contributed by atoms with van der Waals surface area (Å²) in [7, 11) is 3.49. The second kappa shape index (κ2) is 15.4. The number of allylic oxidation sites excluding steroid dienone is 2. The van der Waals surface area contributed by atoms with Gasteiger partial charge < -0.3 is 30.1 Å². The number of anilines is 2. The lowest BCUT2D eigenvalue weighted by Gasteiger charge is -2.09. The highest BCUT2D eigenvalue weighted by Crippen LogP contribution is 2.40. The Morgan fingerprint density at radius 2 is 1.28 bits per heavy atom. The number of rotatable bonds is 9. The summed E-state index contributed by atoms with van der Waals surface area (Å²) in [5, 5.41) is 9.02. The van der Waals surface area contributed by atoms with Crippen LogP contribution in [-0.2, 0) is 12.8 Å². The highest BCUT2D eigenvalue weighted by atomic mass is 19.1. The predicted molar refractivity (Wildman–Crippen MR) is 219 cm³/mol. The quantitative estimate of drug-likeness (QED) is 0.103. The van der Waals surface area contributed by atoms with Gasteiger partial charge in [0, 0.05) is 36.0 Å². The van der Waals surface area contributed by atoms with E-state index in [0.29, 0.717) is 91.9 Å². The molecule has 2 aromatic carbocycles. The summed E-state index contributed by atoms with van der Waals surface area (Å²) in [6, 6.07) is 3.25. The van der Waals surface area contributed by atoms with E-state index >= 15 is 0 Å². The zero-order valence-electron chi connectivity index (χ0n) is 30.8. The Kier molecular flexibility index (Phi) is 10.3. The van der Waals surface area contributed by atoms with Gasteiger partial charge in [-0.25, -0.2) is 28.7 Å². The van der Waals surface area contributed by atoms with Crippen molar-refractivity contribution in [1.82, 2.24) is 49.8 Å². The number of nitrogens with zero attached hydrogens (tertiary/aromatic N) is 8. The molecule has 4 N–H and O–H groups in total. The van der Waals surface area contributed by atoms with Gasteiger partial charge in [0.05, 0.1) is 69.4 Å². The van der Waals surface area contributed by atoms with Crippen molar-refractivity contribution in [2.75, 3.05) is 24.7 Å². The van der Waals surface area contributed by atoms with E-state index < -0.39 is 0 Å². The van der Waals surface area contributed by atoms with Crippen LogP contribution in [-0.4, -0.2) is 63.9 Å². The second-order valence-corrected chi connectivity index (χ2v) is 12.7. The molecule has 1 aliphatic rings. The van der Waals surface area contributed by atoms with Gasteiger partial charge in [-0.15, -0.1) is 6.58 Å². The predicted octanol–water partition coefficient (Wildman–Crippen LogP) is 8.94. The first kappa shape index (κ1) is 37.9. The van der Waals surface area contributed by atoms with Gasteiger partial charge in [0.2, 0.25) is 0 Å². The molecule has 1 aliphatic carbocycles. The lowest BCUT2D eigenvalue weighted by Crippen LogP contribution is -1.97. The molecule has 6 heterocycles. The monoisotopic (exact) mass is 768 g/mol. The Bertz CT molecular complexity index is 2870. The second-order valence-electron chi connectivity index (χ2n) is 12.7. The fourth-order valence-corrected chi connectivity index (χ4v) is 6.68. The molecule has 57 heavy (non-hydrogen) atoms. The molecule has 0 atom stereocenters. The minimum absolute atomic E-state index is 0. The summed E-state index contributed by atoms with van der Waals surface area (Å²) in [5.74, 6) is 1.57. The molecule has 0 fully saturated rings. The average molecular weight is 769 g/mol. The van der Waals surface area contributed by atoms with Crippen LogP contribution in [0.1, 0.15) is 41.6 Å². The third kappa shape index (κ3) is 6.92. The summed E-state index contributed by atoms with van der Waals surface area (Å²) in [5.41, 5.74) is 6.30. The normalized spacial score (nSPS) is 11.6. The number of halogens is 2. The van der Waals surface area contributed by atoms with Crippen molar-refractivity contribution in [2.24, 2.45) is 0 Å². The van der Waals surface area contributed by atoms with Crippen LogP contribution < -0.4 is 20.1 Å². The smallest absolute Gasteiger partial charge is 0.324 e. The van der Waals surface area contributed by atoms with Crippen molar-refractivity contribution in [3.05, 3.63) is 108 Å². The third-order valence-corrected chi connectivity index (χ3v) is 9.19. The molecule has 0 saturated carbocycles. The molecular weight excluding hydrogens is 731 g/mol. The van der Waals surface area contributed by atoms with Crippen LogP contribution >= 0.6 is 0 Å². The Balaban J connectivity index is 0.000000171. The largest absolute Gasteiger partial charge is 0.421 e. The topological polar surface area (TPSA) is 177 Å². The number of nitrogens with one attached hydrogen (secondary N) is 4. The van der Waals surface area contributed by atoms with Gasteiger partial charge in [0.1, 0.15) is 34.6 Å². The third-order valence-electron chi connectivity index (χ3n) is 9.19. The van der Waals surface area contributed by atoms with Gasteiger partial charge in [-0.2, -0.15) is 19.9 Å². The average Bonchev–Trinajstić information content (AvgIpc) is 3.71. The lowest BCUT2D eigenvalue weighted by atomic mass is 10.0. The van der Waals surface area contributed by atoms with Crippen LogP contribution in [0, 0.1) is 25.5 Å². The SMILES string of the molecule is C.C=CCc1c(F)cc(NC)c2[nH]c3nc(Oc4cnc(C)nc4)nc(C=C)c3c12.CNc1cc(F)c2c3c1[nH]c1nc(Oc4cnc(C)nc4)nc(c13)C=CC2. The van der Waals surface area contributed by atoms with Gasteiger partial charge in [-0.3, -0.25) is 0 Å². The minimum atomic E-state index is -0.324. The highest BCUT2D eigenvalue weighted by molar-refractivity contribution is 6.15. The van der Waals surface area contributed by atoms with E-state index in [2.05, 4.69) is 73.6 Å². The Morgan fingerprint density at radius 1 is 0.737 bits per heavy atom. The minimum Gasteiger partial charge on any atom is -0.421 e. The molecule has 16 heteroatoms. The maximum absolute atomic E-state index is 14.8. The standard InChI is InChI=1S/C21H19FN6O.C19H15FN6O.CH4/c1-5-7-13-14(22)8-16(23-4)19-17(13)18-15(6-2)26-21(28-20(18)27-19)29-12-9-24-11(3)25-10-12;1-9-22-7-10(8-23-9)27-19-24-13-5-3-4-11-12(20)6-14(21-2)17-15(11)16(13)18(25-17)26-19;/h5-6,8-10,23H,1-2,7H2,3-4H3,(H,26,27,28);3,5-8,21H,4H2,1-2H3,(H,24,25,26);1H4. The van der Waals surface area contributed by atoms with E-state index in [1.54, 1.807) is 64.9 Å². The van der Waals surface area contributed by atoms with E-state index in [1.807, 2.05) is 12.2 Å². The van der Waals surface area contributed by atoms with E-state index in [0.717, 1.165) is 21.8 Å². The number of aromatic amines is 2. The van der Waals surface area contributed by atoms with Gasteiger partial charge in [0.15, 0.2) is 11.5 Å². The maximum atomic E-state index is 14.8. The highest BCUT2D eigenvalue weighted by Gasteiger charge is 2.23. The van der Waals surface area contributed by atoms with E-state index in [1.165, 1.54) is 12.1 Å². The number of hydrogen-bond acceptors (Lipinski definition) is 12. The zero-order valence-corrected chi connectivity index (χ0v) is 30.8. The van der Waals surface area contributed by atoms with Crippen LogP contribution in [0.2, 0.25) is 0 Å². The van der Waals surface area contributed by atoms with Crippen molar-refractivity contribution in [2.45, 2.75) is 34.1 Å². The lowest BCUT2D eigenvalue weighted by molar-refractivity contribution is 0.438. The van der Waals surface area contributed by atoms with Gasteiger partial charge in [-0.1, -0.05) is 26.2 Å². The van der Waals surface area contributed by atoms with E-state index in [4.69, 9.17) is 9.47 Å². The summed E-state index contributed by atoms with van der Waals surface area (Å²) >= 11 is 0. The number of H-pyrrole nitrogens is 2. The van der Waals surface area contributed by atoms with Crippen molar-refractivity contribution in [3.8, 4) is 23.5 Å². The van der Waals surface area contributed by atoms with Crippen LogP contribution in [0.25, 0.3) is 56.0 Å². The van der Waals surface area contributed by atoms with Crippen molar-refractivity contribution in [3.63, 3.8) is 0 Å². The number of aryl methyl sites for hydroxylation is 2. The van der Waals surface area contributed by atoms with Crippen molar-refractivity contribution in [1.29, 1.82) is 0 Å². The van der Waals surface area contributed by atoms with Crippen molar-refractivity contribution < 1.29 is 18.3 Å². The van der Waals surface area contributed by atoms with E-state index in [9.17, 15) is 8.78 Å². The van der Waals surface area contributed by atoms with Crippen molar-refractivity contribution >= 4 is 67.4 Å². The Hall–Kier alpha value is -7.36. The molecule has 0 radical (unpaired) electrons. The molecular formula is C41H38F2N12O2. The van der Waals surface area contributed by atoms with Crippen LogP contribution in [0.3, 0.4) is 0 Å². The van der Waals surface area contributed by atoms with Crippen LogP contribution in [0.5, 0.6) is 23.5 Å². The fourth-order valence-electron chi connectivity index (χ4n) is 6.68. The van der Waals surface area contributed by atoms with Crippen LogP contribution in [0.4, 0.5) is 20.2 Å². The van der Waals surface area contributed by atoms with Gasteiger partial charge >= 0.3 is 12.0 Å². The molecule has 0 saturated heterocycles. The molecule has 288 valence electrons. The maximum Gasteiger partial charge on any atom is 0.324 e. The first-order valence-electron chi connectivity index (χ1n) is 17.5. The molecule has 6 aromatic heterocycles. The molecule has 0 amide bonds. The van der Waals surface area contributed by atoms with Crippen LogP contribution in [0.15, 0.2) is 62.2 Å². The van der Waals surface area contributed by atoms with E-state index in [-0.39, 0.29) is 31.1 Å². The number of hydrogen-bond donors (Lipinski definition) is 4. The molecule has 0 spiro atoms. The molecule has 0 aliphatic heterocycles. The summed E-state index contributed by atoms with van der Waals surface area (Å²) < 4.78 is 40.9. The Labute approximate surface area is 325 Å². The first-order valence-corrected chi connectivity index (χ1v) is 17.5. The van der Waals surface area contributed by atoms with Gasteiger partial charge in [-0.05, 0) is 51.0 Å². The molecule has 9 rings (SSSR count). The molecule has 14 nitrogen and oxygen atoms in total. The number of benzene rings is 2. The summed E-state index contributed by atoms with van der Waals surface area (Å²) in [6.07, 6.45) is 14.1. The molecule has 0 bridgehead atoms. The summed E-state index contributed by atoms with van der Waals surface area (Å²) in [6.45, 7) is 11.2. The fraction of sp³-hybridized carbons (Fsp3) is 0.171. The number of aromatic nitrogens is 10. The zero-order chi connectivity index (χ0) is 39.1. The molecule has 0 unspecified atom stereocenters.